The topological polar surface area (TPSA) is 123 Å². The van der Waals surface area contributed by atoms with Crippen LogP contribution in [0.1, 0.15) is 42.6 Å². The van der Waals surface area contributed by atoms with E-state index in [0.29, 0.717) is 33.7 Å². The number of ketones is 1. The summed E-state index contributed by atoms with van der Waals surface area (Å²) in [6.07, 6.45) is 3.47. The quantitative estimate of drug-likeness (QED) is 0.252. The molecular weight excluding hydrogens is 574 g/mol. The van der Waals surface area contributed by atoms with Crippen LogP contribution in [0.4, 0.5) is 5.82 Å². The number of hydrogen-bond donors (Lipinski definition) is 1. The molecule has 1 aromatic carbocycles. The Morgan fingerprint density at radius 1 is 1.05 bits per heavy atom. The zero-order chi connectivity index (χ0) is 28.7. The van der Waals surface area contributed by atoms with Crippen LogP contribution in [-0.4, -0.2) is 59.8 Å². The van der Waals surface area contributed by atoms with E-state index in [-0.39, 0.29) is 41.7 Å². The van der Waals surface area contributed by atoms with Crippen LogP contribution < -0.4 is 5.32 Å². The summed E-state index contributed by atoms with van der Waals surface area (Å²) in [7, 11) is 0. The number of nitrogens with one attached hydrogen (secondary N) is 1. The number of aryl methyl sites for hydroxylation is 2. The maximum absolute atomic E-state index is 13.7. The Balaban J connectivity index is 1.43. The number of nitrogens with zero attached hydrogens (tertiary/aromatic N) is 6. The number of aromatic nitrogens is 5. The number of pyridine rings is 1. The Morgan fingerprint density at radius 3 is 2.48 bits per heavy atom. The van der Waals surface area contributed by atoms with Gasteiger partial charge in [0.15, 0.2) is 5.78 Å². The summed E-state index contributed by atoms with van der Waals surface area (Å²) in [5, 5.41) is 8.08. The summed E-state index contributed by atoms with van der Waals surface area (Å²) in [5.41, 5.74) is 3.42. The van der Waals surface area contributed by atoms with Gasteiger partial charge in [0, 0.05) is 36.8 Å². The van der Waals surface area contributed by atoms with Gasteiger partial charge in [0.1, 0.15) is 34.5 Å². The third kappa shape index (κ3) is 5.25. The number of hydrogen-bond acceptors (Lipinski definition) is 7. The van der Waals surface area contributed by atoms with E-state index in [2.05, 4.69) is 41.3 Å². The van der Waals surface area contributed by atoms with Crippen molar-refractivity contribution in [3.05, 3.63) is 64.4 Å². The van der Waals surface area contributed by atoms with E-state index in [0.717, 1.165) is 16.7 Å². The maximum Gasteiger partial charge on any atom is 0.248 e. The average Bonchev–Trinajstić information content (AvgIpc) is 3.43. The lowest BCUT2D eigenvalue weighted by Gasteiger charge is -2.26. The van der Waals surface area contributed by atoms with Gasteiger partial charge in [0.05, 0.1) is 5.52 Å². The minimum Gasteiger partial charge on any atom is -0.328 e. The van der Waals surface area contributed by atoms with Crippen LogP contribution in [-0.2, 0) is 16.1 Å². The van der Waals surface area contributed by atoms with E-state index in [4.69, 9.17) is 0 Å². The second-order valence-corrected chi connectivity index (χ2v) is 11.2. The molecule has 0 bridgehead atoms. The highest BCUT2D eigenvalue weighted by Crippen LogP contribution is 2.32. The summed E-state index contributed by atoms with van der Waals surface area (Å²) >= 11 is 3.35. The van der Waals surface area contributed by atoms with Crippen LogP contribution in [0.5, 0.6) is 0 Å². The van der Waals surface area contributed by atoms with Gasteiger partial charge < -0.3 is 10.2 Å². The molecule has 11 heteroatoms. The van der Waals surface area contributed by atoms with E-state index in [1.165, 1.54) is 6.92 Å². The monoisotopic (exact) mass is 603 g/mol. The van der Waals surface area contributed by atoms with Gasteiger partial charge in [-0.15, -0.1) is 0 Å². The molecule has 0 saturated carbocycles. The number of halogens is 1. The van der Waals surface area contributed by atoms with Crippen molar-refractivity contribution >= 4 is 50.2 Å². The largest absolute Gasteiger partial charge is 0.328 e. The molecule has 206 valence electrons. The molecule has 0 radical (unpaired) electrons. The van der Waals surface area contributed by atoms with Crippen molar-refractivity contribution in [3.63, 3.8) is 0 Å². The minimum atomic E-state index is -0.662. The van der Waals surface area contributed by atoms with Gasteiger partial charge in [-0.25, -0.2) is 15.0 Å². The number of amides is 2. The van der Waals surface area contributed by atoms with Crippen molar-refractivity contribution < 1.29 is 14.4 Å². The number of carbonyl (C=O) groups excluding carboxylic acids is 3. The molecule has 0 unspecified atom stereocenters. The normalized spacial score (nSPS) is 18.8. The molecule has 10 nitrogen and oxygen atoms in total. The van der Waals surface area contributed by atoms with Gasteiger partial charge in [-0.1, -0.05) is 26.0 Å². The summed E-state index contributed by atoms with van der Waals surface area (Å²) in [6, 6.07) is 8.62. The third-order valence-electron chi connectivity index (χ3n) is 7.59. The number of benzene rings is 1. The van der Waals surface area contributed by atoms with Crippen LogP contribution in [0.2, 0.25) is 0 Å². The van der Waals surface area contributed by atoms with Crippen molar-refractivity contribution in [1.82, 2.24) is 29.6 Å². The van der Waals surface area contributed by atoms with Crippen LogP contribution in [0.15, 0.2) is 47.3 Å². The van der Waals surface area contributed by atoms with Crippen LogP contribution in [0.3, 0.4) is 0 Å². The molecule has 0 spiro atoms. The van der Waals surface area contributed by atoms with Crippen LogP contribution in [0, 0.1) is 25.7 Å². The van der Waals surface area contributed by atoms with Gasteiger partial charge in [-0.2, -0.15) is 5.10 Å². The Morgan fingerprint density at radius 2 is 1.77 bits per heavy atom. The van der Waals surface area contributed by atoms with Gasteiger partial charge in [-0.05, 0) is 70.9 Å². The van der Waals surface area contributed by atoms with Crippen molar-refractivity contribution in [2.75, 3.05) is 11.9 Å². The second kappa shape index (κ2) is 10.9. The number of fused-ring (bicyclic) bond motifs is 1. The highest BCUT2D eigenvalue weighted by atomic mass is 79.9. The second-order valence-electron chi connectivity index (χ2n) is 10.4. The fourth-order valence-electron chi connectivity index (χ4n) is 5.14. The molecule has 0 aliphatic carbocycles. The van der Waals surface area contributed by atoms with Gasteiger partial charge in [0.2, 0.25) is 11.8 Å². The lowest BCUT2D eigenvalue weighted by atomic mass is 9.93. The molecule has 1 aliphatic heterocycles. The van der Waals surface area contributed by atoms with Gasteiger partial charge in [-0.3, -0.25) is 19.1 Å². The van der Waals surface area contributed by atoms with Gasteiger partial charge >= 0.3 is 0 Å². The highest BCUT2D eigenvalue weighted by molar-refractivity contribution is 9.10. The fourth-order valence-corrected chi connectivity index (χ4v) is 5.45. The SMILES string of the molecule is CC(=O)c1nn(CC(=O)N2C[C@@H](C)[C@@H](C)[C@H]2C(=O)Nc2nc(Br)ccc2C)c2ccc(-c3cnc(C)nc3)cc12. The molecule has 3 aromatic heterocycles. The van der Waals surface area contributed by atoms with Crippen molar-refractivity contribution in [1.29, 1.82) is 0 Å². The zero-order valence-electron chi connectivity index (χ0n) is 23.0. The number of anilines is 1. The first-order valence-electron chi connectivity index (χ1n) is 13.1. The molecule has 2 amide bonds. The van der Waals surface area contributed by atoms with Crippen molar-refractivity contribution in [2.45, 2.75) is 47.2 Å². The first-order valence-corrected chi connectivity index (χ1v) is 13.9. The molecule has 3 atom stereocenters. The smallest absolute Gasteiger partial charge is 0.248 e. The standard InChI is InChI=1S/C29H30BrN7O3/c1-15-6-9-24(30)33-28(15)34-29(40)27-17(3)16(2)13-36(27)25(39)14-37-23-8-7-20(21-11-31-19(5)32-12-21)10-22(23)26(35-37)18(4)38/h6-12,16-17,27H,13-14H2,1-5H3,(H,33,34,40)/t16-,17-,27+/m1/s1. The van der Waals surface area contributed by atoms with Crippen LogP contribution in [0.25, 0.3) is 22.0 Å². The molecule has 1 fully saturated rings. The van der Waals surface area contributed by atoms with Gasteiger partial charge in [0.25, 0.3) is 0 Å². The average molecular weight is 605 g/mol. The number of rotatable bonds is 6. The minimum absolute atomic E-state index is 0.0576. The Bertz CT molecular complexity index is 1630. The molecule has 40 heavy (non-hydrogen) atoms. The van der Waals surface area contributed by atoms with E-state index in [9.17, 15) is 14.4 Å². The fraction of sp³-hybridized carbons (Fsp3) is 0.345. The molecule has 1 N–H and O–H groups in total. The molecule has 1 aliphatic rings. The van der Waals surface area contributed by atoms with Crippen molar-refractivity contribution in [3.8, 4) is 11.1 Å². The first-order chi connectivity index (χ1) is 19.0. The highest BCUT2D eigenvalue weighted by Gasteiger charge is 2.43. The summed E-state index contributed by atoms with van der Waals surface area (Å²) in [6.45, 7) is 9.50. The number of carbonyl (C=O) groups is 3. The van der Waals surface area contributed by atoms with Crippen LogP contribution >= 0.6 is 15.9 Å². The number of Topliss-reactive ketones (excluding diaryl/α,β-unsaturated/α-hetero) is 1. The Labute approximate surface area is 240 Å². The molecular formula is C29H30BrN7O3. The zero-order valence-corrected chi connectivity index (χ0v) is 24.6. The summed E-state index contributed by atoms with van der Waals surface area (Å²) < 4.78 is 2.16. The van der Waals surface area contributed by atoms with Crippen molar-refractivity contribution in [2.24, 2.45) is 11.8 Å². The van der Waals surface area contributed by atoms with E-state index >= 15 is 0 Å². The van der Waals surface area contributed by atoms with E-state index in [1.807, 2.05) is 58.0 Å². The van der Waals surface area contributed by atoms with E-state index in [1.54, 1.807) is 22.0 Å². The molecule has 4 heterocycles. The Hall–Kier alpha value is -3.99. The van der Waals surface area contributed by atoms with E-state index < -0.39 is 6.04 Å². The summed E-state index contributed by atoms with van der Waals surface area (Å²) in [4.78, 5) is 54.2. The lowest BCUT2D eigenvalue weighted by Crippen LogP contribution is -2.46. The summed E-state index contributed by atoms with van der Waals surface area (Å²) in [5.74, 6) is 0.463. The third-order valence-corrected chi connectivity index (χ3v) is 8.03. The predicted octanol–water partition coefficient (Wildman–Crippen LogP) is 4.59. The lowest BCUT2D eigenvalue weighted by molar-refractivity contribution is -0.138. The molecule has 1 saturated heterocycles. The number of likely N-dealkylation sites (tertiary alicyclic amines) is 1. The Kier molecular flexibility index (Phi) is 7.50. The maximum atomic E-state index is 13.7. The molecule has 5 rings (SSSR count). The molecule has 4 aromatic rings. The first kappa shape index (κ1) is 27.6. The predicted molar refractivity (Wildman–Crippen MR) is 155 cm³/mol.